The highest BCUT2D eigenvalue weighted by Crippen LogP contribution is 2.23. The lowest BCUT2D eigenvalue weighted by molar-refractivity contribution is 0.798. The van der Waals surface area contributed by atoms with Gasteiger partial charge in [-0.15, -0.1) is 0 Å². The van der Waals surface area contributed by atoms with Gasteiger partial charge in [-0.2, -0.15) is 9.78 Å². The van der Waals surface area contributed by atoms with E-state index in [1.807, 2.05) is 58.2 Å². The van der Waals surface area contributed by atoms with Crippen molar-refractivity contribution in [3.05, 3.63) is 72.2 Å². The summed E-state index contributed by atoms with van der Waals surface area (Å²) in [7, 11) is 0. The minimum Gasteiger partial charge on any atom is -0.326 e. The fourth-order valence-electron chi connectivity index (χ4n) is 2.88. The van der Waals surface area contributed by atoms with Crippen LogP contribution in [0.4, 0.5) is 0 Å². The van der Waals surface area contributed by atoms with E-state index >= 15 is 0 Å². The zero-order chi connectivity index (χ0) is 15.8. The van der Waals surface area contributed by atoms with Crippen LogP contribution in [-0.4, -0.2) is 19.3 Å². The fraction of sp³-hybridized carbons (Fsp3) is 0.111. The molecule has 0 saturated heterocycles. The monoisotopic (exact) mass is 303 g/mol. The Hall–Kier alpha value is -2.92. The Bertz CT molecular complexity index is 966. The lowest BCUT2D eigenvalue weighted by Crippen LogP contribution is -2.09. The predicted octanol–water partition coefficient (Wildman–Crippen LogP) is 2.98. The molecule has 5 nitrogen and oxygen atoms in total. The summed E-state index contributed by atoms with van der Waals surface area (Å²) in [5.41, 5.74) is 9.00. The average molecular weight is 303 g/mol. The smallest absolute Gasteiger partial charge is 0.156 e. The highest BCUT2D eigenvalue weighted by atomic mass is 15.4. The van der Waals surface area contributed by atoms with Gasteiger partial charge in [0.2, 0.25) is 0 Å². The number of fused-ring (bicyclic) bond motifs is 1. The van der Waals surface area contributed by atoms with E-state index in [-0.39, 0.29) is 0 Å². The Balaban J connectivity index is 1.97. The third-order valence-electron chi connectivity index (χ3n) is 4.01. The van der Waals surface area contributed by atoms with Crippen molar-refractivity contribution in [2.24, 2.45) is 5.73 Å². The van der Waals surface area contributed by atoms with Crippen LogP contribution in [0.1, 0.15) is 11.1 Å². The number of nitrogens with zero attached hydrogens (tertiary/aromatic N) is 4. The number of hydrogen-bond donors (Lipinski definition) is 1. The zero-order valence-corrected chi connectivity index (χ0v) is 12.8. The number of hydrogen-bond acceptors (Lipinski definition) is 3. The van der Waals surface area contributed by atoms with Crippen LogP contribution in [-0.2, 0) is 6.54 Å². The molecule has 0 bridgehead atoms. The van der Waals surface area contributed by atoms with Gasteiger partial charge in [-0.05, 0) is 36.8 Å². The van der Waals surface area contributed by atoms with Crippen molar-refractivity contribution in [3.63, 3.8) is 0 Å². The Labute approximate surface area is 134 Å². The number of para-hydroxylation sites is 1. The first-order valence-corrected chi connectivity index (χ1v) is 7.55. The SMILES string of the molecule is Cc1cc(-n2ncc(CN)c2-n2cccc2)nc2ccccc12. The van der Waals surface area contributed by atoms with Gasteiger partial charge in [0, 0.05) is 29.9 Å². The van der Waals surface area contributed by atoms with Crippen LogP contribution >= 0.6 is 0 Å². The molecule has 0 fully saturated rings. The maximum Gasteiger partial charge on any atom is 0.156 e. The highest BCUT2D eigenvalue weighted by molar-refractivity contribution is 5.82. The van der Waals surface area contributed by atoms with Crippen molar-refractivity contribution in [1.29, 1.82) is 0 Å². The summed E-state index contributed by atoms with van der Waals surface area (Å²) >= 11 is 0. The van der Waals surface area contributed by atoms with E-state index < -0.39 is 0 Å². The Morgan fingerprint density at radius 1 is 1.09 bits per heavy atom. The molecule has 0 atom stereocenters. The highest BCUT2D eigenvalue weighted by Gasteiger charge is 2.14. The molecule has 0 aliphatic carbocycles. The van der Waals surface area contributed by atoms with Crippen molar-refractivity contribution < 1.29 is 0 Å². The van der Waals surface area contributed by atoms with Gasteiger partial charge in [-0.3, -0.25) is 0 Å². The van der Waals surface area contributed by atoms with E-state index in [2.05, 4.69) is 24.2 Å². The topological polar surface area (TPSA) is 61.7 Å². The Kier molecular flexibility index (Phi) is 3.20. The molecule has 3 heterocycles. The van der Waals surface area contributed by atoms with Crippen molar-refractivity contribution in [2.75, 3.05) is 0 Å². The van der Waals surface area contributed by atoms with Gasteiger partial charge in [0.25, 0.3) is 0 Å². The average Bonchev–Trinajstić information content (AvgIpc) is 3.23. The number of nitrogens with two attached hydrogens (primary N) is 1. The van der Waals surface area contributed by atoms with Gasteiger partial charge in [-0.1, -0.05) is 18.2 Å². The first-order chi connectivity index (χ1) is 11.3. The van der Waals surface area contributed by atoms with Crippen molar-refractivity contribution in [1.82, 2.24) is 19.3 Å². The van der Waals surface area contributed by atoms with E-state index in [1.54, 1.807) is 0 Å². The number of benzene rings is 1. The van der Waals surface area contributed by atoms with E-state index in [4.69, 9.17) is 10.7 Å². The number of pyridine rings is 1. The molecule has 0 spiro atoms. The second kappa shape index (κ2) is 5.37. The molecule has 23 heavy (non-hydrogen) atoms. The molecular formula is C18H17N5. The molecule has 0 aliphatic rings. The molecule has 3 aromatic heterocycles. The summed E-state index contributed by atoms with van der Waals surface area (Å²) in [6.07, 6.45) is 5.78. The largest absolute Gasteiger partial charge is 0.326 e. The fourth-order valence-corrected chi connectivity index (χ4v) is 2.88. The van der Waals surface area contributed by atoms with Gasteiger partial charge in [0.15, 0.2) is 5.82 Å². The Morgan fingerprint density at radius 2 is 1.87 bits per heavy atom. The quantitative estimate of drug-likeness (QED) is 0.633. The number of aromatic nitrogens is 4. The maximum absolute atomic E-state index is 5.88. The van der Waals surface area contributed by atoms with Crippen LogP contribution < -0.4 is 5.73 Å². The molecule has 0 amide bonds. The van der Waals surface area contributed by atoms with Crippen LogP contribution in [0.3, 0.4) is 0 Å². The second-order valence-electron chi connectivity index (χ2n) is 5.51. The van der Waals surface area contributed by atoms with E-state index in [1.165, 1.54) is 5.56 Å². The number of rotatable bonds is 3. The van der Waals surface area contributed by atoms with Crippen LogP contribution in [0.5, 0.6) is 0 Å². The first-order valence-electron chi connectivity index (χ1n) is 7.55. The summed E-state index contributed by atoms with van der Waals surface area (Å²) in [5, 5.41) is 5.67. The van der Waals surface area contributed by atoms with Gasteiger partial charge in [0.1, 0.15) is 5.82 Å². The standard InChI is InChI=1S/C18H17N5/c1-13-10-17(21-16-7-3-2-6-15(13)16)23-18(14(11-19)12-20-23)22-8-4-5-9-22/h2-10,12H,11,19H2,1H3. The molecule has 4 rings (SSSR count). The van der Waals surface area contributed by atoms with Crippen LogP contribution in [0.2, 0.25) is 0 Å². The van der Waals surface area contributed by atoms with Crippen molar-refractivity contribution >= 4 is 10.9 Å². The lowest BCUT2D eigenvalue weighted by Gasteiger charge is -2.11. The first kappa shape index (κ1) is 13.7. The van der Waals surface area contributed by atoms with E-state index in [0.29, 0.717) is 6.54 Å². The minimum atomic E-state index is 0.431. The van der Waals surface area contributed by atoms with Crippen molar-refractivity contribution in [3.8, 4) is 11.6 Å². The molecule has 0 unspecified atom stereocenters. The van der Waals surface area contributed by atoms with E-state index in [9.17, 15) is 0 Å². The summed E-state index contributed by atoms with van der Waals surface area (Å²) < 4.78 is 3.86. The molecule has 0 saturated carbocycles. The van der Waals surface area contributed by atoms with E-state index in [0.717, 1.165) is 28.1 Å². The molecule has 0 radical (unpaired) electrons. The third-order valence-corrected chi connectivity index (χ3v) is 4.01. The molecule has 5 heteroatoms. The second-order valence-corrected chi connectivity index (χ2v) is 5.51. The summed E-state index contributed by atoms with van der Waals surface area (Å²) in [4.78, 5) is 4.77. The summed E-state index contributed by atoms with van der Waals surface area (Å²) in [6.45, 7) is 2.52. The molecule has 114 valence electrons. The molecule has 1 aromatic carbocycles. The van der Waals surface area contributed by atoms with Crippen LogP contribution in [0.15, 0.2) is 61.1 Å². The number of aryl methyl sites for hydroxylation is 1. The molecular weight excluding hydrogens is 286 g/mol. The minimum absolute atomic E-state index is 0.431. The molecule has 2 N–H and O–H groups in total. The van der Waals surface area contributed by atoms with Gasteiger partial charge in [-0.25, -0.2) is 4.98 Å². The molecule has 4 aromatic rings. The maximum atomic E-state index is 5.88. The van der Waals surface area contributed by atoms with Crippen LogP contribution in [0, 0.1) is 6.92 Å². The summed E-state index contributed by atoms with van der Waals surface area (Å²) in [5.74, 6) is 1.73. The third kappa shape index (κ3) is 2.22. The van der Waals surface area contributed by atoms with Gasteiger partial charge >= 0.3 is 0 Å². The van der Waals surface area contributed by atoms with Gasteiger partial charge in [0.05, 0.1) is 11.7 Å². The van der Waals surface area contributed by atoms with Gasteiger partial charge < -0.3 is 10.3 Å². The van der Waals surface area contributed by atoms with Crippen molar-refractivity contribution in [2.45, 2.75) is 13.5 Å². The lowest BCUT2D eigenvalue weighted by atomic mass is 10.1. The predicted molar refractivity (Wildman–Crippen MR) is 90.8 cm³/mol. The zero-order valence-electron chi connectivity index (χ0n) is 12.8. The molecule has 0 aliphatic heterocycles. The normalized spacial score (nSPS) is 11.2. The summed E-state index contributed by atoms with van der Waals surface area (Å²) in [6, 6.07) is 14.2. The van der Waals surface area contributed by atoms with Crippen LogP contribution in [0.25, 0.3) is 22.5 Å². The Morgan fingerprint density at radius 3 is 2.65 bits per heavy atom.